The van der Waals surface area contributed by atoms with Crippen LogP contribution in [0.5, 0.6) is 0 Å². The number of halogens is 2. The first-order chi connectivity index (χ1) is 12.9. The summed E-state index contributed by atoms with van der Waals surface area (Å²) in [5.74, 6) is 0. The third-order valence-electron chi connectivity index (χ3n) is 4.87. The smallest absolute Gasteiger partial charge is 0.0273 e. The van der Waals surface area contributed by atoms with E-state index in [1.807, 2.05) is 24.8 Å². The Balaban J connectivity index is 0.00000112. The van der Waals surface area contributed by atoms with Crippen LogP contribution >= 0.6 is 34.0 Å². The van der Waals surface area contributed by atoms with Gasteiger partial charge < -0.3 is 0 Å². The van der Waals surface area contributed by atoms with E-state index in [-0.39, 0.29) is 34.0 Å². The van der Waals surface area contributed by atoms with E-state index in [1.54, 1.807) is 0 Å². The highest BCUT2D eigenvalue weighted by molar-refractivity contribution is 8.93. The predicted octanol–water partition coefficient (Wildman–Crippen LogP) is 7.27. The lowest BCUT2D eigenvalue weighted by atomic mass is 9.86. The van der Waals surface area contributed by atoms with Crippen molar-refractivity contribution in [2.45, 2.75) is 0 Å². The maximum Gasteiger partial charge on any atom is 0.0273 e. The first kappa shape index (κ1) is 20.2. The first-order valence-electron chi connectivity index (χ1n) is 8.68. The van der Waals surface area contributed by atoms with Crippen LogP contribution in [0.1, 0.15) is 0 Å². The molecular weight excluding hydrogens is 476 g/mol. The molecule has 2 nitrogen and oxygen atoms in total. The van der Waals surface area contributed by atoms with Crippen LogP contribution in [0.2, 0.25) is 0 Å². The molecule has 0 N–H and O–H groups in total. The third-order valence-corrected chi connectivity index (χ3v) is 4.87. The molecule has 0 saturated carbocycles. The maximum absolute atomic E-state index is 4.19. The third kappa shape index (κ3) is 3.34. The fourth-order valence-electron chi connectivity index (χ4n) is 3.79. The van der Waals surface area contributed by atoms with Gasteiger partial charge in [-0.25, -0.2) is 0 Å². The summed E-state index contributed by atoms with van der Waals surface area (Å²) in [5, 5.41) is 5.02. The standard InChI is InChI=1S/C24H16N2.2BrH/c1-2-6-20-19(5-1)23(17-9-13-25-14-10-17)21-7-3-4-8-22(21)24(20)18-11-15-26-16-12-18;;/h1-16H;2*1H. The van der Waals surface area contributed by atoms with E-state index in [9.17, 15) is 0 Å². The lowest BCUT2D eigenvalue weighted by Crippen LogP contribution is -1.90. The van der Waals surface area contributed by atoms with Crippen molar-refractivity contribution in [3.63, 3.8) is 0 Å². The number of hydrogen-bond donors (Lipinski definition) is 0. The highest BCUT2D eigenvalue weighted by Gasteiger charge is 2.15. The summed E-state index contributed by atoms with van der Waals surface area (Å²) in [7, 11) is 0. The van der Waals surface area contributed by atoms with Crippen molar-refractivity contribution >= 4 is 55.5 Å². The van der Waals surface area contributed by atoms with Crippen molar-refractivity contribution in [3.8, 4) is 22.3 Å². The summed E-state index contributed by atoms with van der Waals surface area (Å²) in [4.78, 5) is 8.38. The molecule has 2 aromatic heterocycles. The Hall–Kier alpha value is -2.56. The van der Waals surface area contributed by atoms with Crippen LogP contribution < -0.4 is 0 Å². The summed E-state index contributed by atoms with van der Waals surface area (Å²) in [6.45, 7) is 0. The van der Waals surface area contributed by atoms with Crippen molar-refractivity contribution in [2.24, 2.45) is 0 Å². The topological polar surface area (TPSA) is 25.8 Å². The molecule has 0 aliphatic carbocycles. The SMILES string of the molecule is Br.Br.c1ccc2c(-c3ccncc3)c3ccccc3c(-c3ccncc3)c2c1. The molecule has 0 aliphatic rings. The van der Waals surface area contributed by atoms with Crippen LogP contribution in [0.3, 0.4) is 0 Å². The van der Waals surface area contributed by atoms with E-state index in [0.29, 0.717) is 0 Å². The number of aromatic nitrogens is 2. The average molecular weight is 494 g/mol. The monoisotopic (exact) mass is 492 g/mol. The maximum atomic E-state index is 4.19. The van der Waals surface area contributed by atoms with Crippen LogP contribution in [0.15, 0.2) is 97.6 Å². The summed E-state index contributed by atoms with van der Waals surface area (Å²) in [6, 6.07) is 25.6. The van der Waals surface area contributed by atoms with Gasteiger partial charge in [-0.2, -0.15) is 0 Å². The van der Waals surface area contributed by atoms with Gasteiger partial charge in [-0.1, -0.05) is 48.5 Å². The second kappa shape index (κ2) is 8.63. The number of benzene rings is 3. The lowest BCUT2D eigenvalue weighted by Gasteiger charge is -2.17. The van der Waals surface area contributed by atoms with Crippen LogP contribution in [-0.4, -0.2) is 9.97 Å². The molecule has 0 amide bonds. The molecule has 0 spiro atoms. The molecule has 0 radical (unpaired) electrons. The molecule has 0 aliphatic heterocycles. The number of rotatable bonds is 2. The Morgan fingerprint density at radius 3 is 0.964 bits per heavy atom. The second-order valence-electron chi connectivity index (χ2n) is 6.31. The minimum absolute atomic E-state index is 0. The normalized spacial score (nSPS) is 10.3. The first-order valence-corrected chi connectivity index (χ1v) is 8.68. The Labute approximate surface area is 184 Å². The molecule has 4 heteroatoms. The Kier molecular flexibility index (Phi) is 6.22. The van der Waals surface area contributed by atoms with Gasteiger partial charge in [-0.05, 0) is 68.1 Å². The van der Waals surface area contributed by atoms with E-state index in [0.717, 1.165) is 0 Å². The van der Waals surface area contributed by atoms with E-state index < -0.39 is 0 Å². The number of nitrogens with zero attached hydrogens (tertiary/aromatic N) is 2. The fourth-order valence-corrected chi connectivity index (χ4v) is 3.79. The molecule has 138 valence electrons. The van der Waals surface area contributed by atoms with Crippen molar-refractivity contribution in [1.29, 1.82) is 0 Å². The second-order valence-corrected chi connectivity index (χ2v) is 6.31. The Bertz CT molecular complexity index is 1070. The van der Waals surface area contributed by atoms with Crippen LogP contribution in [0, 0.1) is 0 Å². The van der Waals surface area contributed by atoms with E-state index in [4.69, 9.17) is 0 Å². The fraction of sp³-hybridized carbons (Fsp3) is 0. The van der Waals surface area contributed by atoms with Crippen molar-refractivity contribution in [3.05, 3.63) is 97.6 Å². The number of hydrogen-bond acceptors (Lipinski definition) is 2. The summed E-state index contributed by atoms with van der Waals surface area (Å²) in [6.07, 6.45) is 7.43. The number of fused-ring (bicyclic) bond motifs is 2. The molecule has 5 aromatic rings. The molecule has 0 atom stereocenters. The molecule has 5 rings (SSSR count). The molecule has 0 unspecified atom stereocenters. The van der Waals surface area contributed by atoms with Gasteiger partial charge in [0.05, 0.1) is 0 Å². The van der Waals surface area contributed by atoms with Gasteiger partial charge in [-0.3, -0.25) is 9.97 Å². The molecule has 0 saturated heterocycles. The summed E-state index contributed by atoms with van der Waals surface area (Å²) >= 11 is 0. The average Bonchev–Trinajstić information content (AvgIpc) is 2.73. The lowest BCUT2D eigenvalue weighted by molar-refractivity contribution is 1.33. The Morgan fingerprint density at radius 1 is 0.393 bits per heavy atom. The van der Waals surface area contributed by atoms with Crippen molar-refractivity contribution < 1.29 is 0 Å². The zero-order valence-electron chi connectivity index (χ0n) is 14.9. The highest BCUT2D eigenvalue weighted by Crippen LogP contribution is 2.43. The van der Waals surface area contributed by atoms with Gasteiger partial charge in [0, 0.05) is 24.8 Å². The predicted molar refractivity (Wildman–Crippen MR) is 129 cm³/mol. The molecule has 28 heavy (non-hydrogen) atoms. The van der Waals surface area contributed by atoms with E-state index in [1.165, 1.54) is 43.8 Å². The molecular formula is C24H18Br2N2. The summed E-state index contributed by atoms with van der Waals surface area (Å²) in [5.41, 5.74) is 4.90. The minimum Gasteiger partial charge on any atom is -0.265 e. The minimum atomic E-state index is 0. The van der Waals surface area contributed by atoms with Crippen LogP contribution in [0.25, 0.3) is 43.8 Å². The molecule has 0 bridgehead atoms. The molecule has 0 fully saturated rings. The van der Waals surface area contributed by atoms with E-state index >= 15 is 0 Å². The van der Waals surface area contributed by atoms with Gasteiger partial charge >= 0.3 is 0 Å². The van der Waals surface area contributed by atoms with E-state index in [2.05, 4.69) is 82.8 Å². The number of pyridine rings is 2. The molecule has 2 heterocycles. The van der Waals surface area contributed by atoms with Crippen LogP contribution in [-0.2, 0) is 0 Å². The van der Waals surface area contributed by atoms with Gasteiger partial charge in [0.1, 0.15) is 0 Å². The van der Waals surface area contributed by atoms with Gasteiger partial charge in [-0.15, -0.1) is 34.0 Å². The summed E-state index contributed by atoms with van der Waals surface area (Å²) < 4.78 is 0. The Morgan fingerprint density at radius 2 is 0.679 bits per heavy atom. The van der Waals surface area contributed by atoms with Gasteiger partial charge in [0.15, 0.2) is 0 Å². The van der Waals surface area contributed by atoms with Crippen LogP contribution in [0.4, 0.5) is 0 Å². The van der Waals surface area contributed by atoms with Gasteiger partial charge in [0.2, 0.25) is 0 Å². The van der Waals surface area contributed by atoms with Crippen molar-refractivity contribution in [1.82, 2.24) is 9.97 Å². The zero-order valence-corrected chi connectivity index (χ0v) is 18.4. The quantitative estimate of drug-likeness (QED) is 0.241. The molecule has 3 aromatic carbocycles. The highest BCUT2D eigenvalue weighted by atomic mass is 79.9. The zero-order chi connectivity index (χ0) is 17.3. The largest absolute Gasteiger partial charge is 0.265 e. The van der Waals surface area contributed by atoms with Gasteiger partial charge in [0.25, 0.3) is 0 Å². The van der Waals surface area contributed by atoms with Crippen molar-refractivity contribution in [2.75, 3.05) is 0 Å².